The van der Waals surface area contributed by atoms with E-state index in [1.807, 2.05) is 6.92 Å². The van der Waals surface area contributed by atoms with E-state index in [-0.39, 0.29) is 11.9 Å². The van der Waals surface area contributed by atoms with Gasteiger partial charge in [0.1, 0.15) is 5.75 Å². The van der Waals surface area contributed by atoms with Gasteiger partial charge in [-0.2, -0.15) is 0 Å². The van der Waals surface area contributed by atoms with E-state index < -0.39 is 0 Å². The van der Waals surface area contributed by atoms with Crippen LogP contribution in [0.1, 0.15) is 30.1 Å². The van der Waals surface area contributed by atoms with Crippen molar-refractivity contribution in [1.29, 1.82) is 0 Å². The quantitative estimate of drug-likeness (QED) is 0.781. The highest BCUT2D eigenvalue weighted by molar-refractivity contribution is 5.98. The second-order valence-electron chi connectivity index (χ2n) is 4.56. The van der Waals surface area contributed by atoms with Gasteiger partial charge in [0.05, 0.1) is 12.7 Å². The molecule has 1 aliphatic rings. The summed E-state index contributed by atoms with van der Waals surface area (Å²) < 4.78 is 5.16. The summed E-state index contributed by atoms with van der Waals surface area (Å²) in [5.74, 6) is 1.07. The molecule has 4 heteroatoms. The highest BCUT2D eigenvalue weighted by Gasteiger charge is 2.29. The number of anilines is 1. The van der Waals surface area contributed by atoms with Crippen molar-refractivity contribution in [2.24, 2.45) is 5.92 Å². The van der Waals surface area contributed by atoms with Crippen molar-refractivity contribution in [2.75, 3.05) is 12.8 Å². The number of hydrogen-bond acceptors (Lipinski definition) is 3. The molecule has 0 heterocycles. The fourth-order valence-electron chi connectivity index (χ4n) is 1.90. The first kappa shape index (κ1) is 11.8. The van der Waals surface area contributed by atoms with Gasteiger partial charge in [0.15, 0.2) is 0 Å². The minimum Gasteiger partial charge on any atom is -0.496 e. The van der Waals surface area contributed by atoms with Gasteiger partial charge in [0.25, 0.3) is 5.91 Å². The molecule has 1 unspecified atom stereocenters. The van der Waals surface area contributed by atoms with Crippen LogP contribution in [0.3, 0.4) is 0 Å². The summed E-state index contributed by atoms with van der Waals surface area (Å²) in [5, 5.41) is 2.99. The van der Waals surface area contributed by atoms with Crippen LogP contribution < -0.4 is 15.8 Å². The number of hydrogen-bond donors (Lipinski definition) is 2. The lowest BCUT2D eigenvalue weighted by atomic mass is 10.1. The summed E-state index contributed by atoms with van der Waals surface area (Å²) in [7, 11) is 1.55. The van der Waals surface area contributed by atoms with Gasteiger partial charge < -0.3 is 15.8 Å². The highest BCUT2D eigenvalue weighted by atomic mass is 16.5. The molecule has 0 bridgehead atoms. The Balaban J connectivity index is 2.14. The van der Waals surface area contributed by atoms with E-state index in [0.29, 0.717) is 22.9 Å². The molecule has 4 nitrogen and oxygen atoms in total. The number of benzene rings is 1. The maximum atomic E-state index is 12.1. The lowest BCUT2D eigenvalue weighted by Crippen LogP contribution is -2.34. The molecule has 0 aromatic heterocycles. The van der Waals surface area contributed by atoms with Crippen molar-refractivity contribution in [3.63, 3.8) is 0 Å². The number of ether oxygens (including phenoxy) is 1. The Bertz CT molecular complexity index is 427. The van der Waals surface area contributed by atoms with E-state index in [0.717, 1.165) is 0 Å². The van der Waals surface area contributed by atoms with Crippen molar-refractivity contribution in [3.05, 3.63) is 23.8 Å². The zero-order chi connectivity index (χ0) is 12.4. The van der Waals surface area contributed by atoms with E-state index in [2.05, 4.69) is 5.32 Å². The Labute approximate surface area is 101 Å². The molecule has 1 aliphatic carbocycles. The van der Waals surface area contributed by atoms with Gasteiger partial charge in [-0.15, -0.1) is 0 Å². The molecule has 0 saturated heterocycles. The topological polar surface area (TPSA) is 64.3 Å². The van der Waals surface area contributed by atoms with Gasteiger partial charge in [-0.05, 0) is 43.9 Å². The maximum absolute atomic E-state index is 12.1. The molecular weight excluding hydrogens is 216 g/mol. The minimum atomic E-state index is -0.117. The van der Waals surface area contributed by atoms with Crippen LogP contribution in [0.15, 0.2) is 18.2 Å². The monoisotopic (exact) mass is 234 g/mol. The van der Waals surface area contributed by atoms with Gasteiger partial charge in [0, 0.05) is 11.7 Å². The predicted molar refractivity (Wildman–Crippen MR) is 67.1 cm³/mol. The van der Waals surface area contributed by atoms with Gasteiger partial charge >= 0.3 is 0 Å². The first-order valence-electron chi connectivity index (χ1n) is 5.86. The highest BCUT2D eigenvalue weighted by Crippen LogP contribution is 2.32. The molecule has 2 rings (SSSR count). The number of nitrogens with two attached hydrogens (primary N) is 1. The second kappa shape index (κ2) is 4.65. The summed E-state index contributed by atoms with van der Waals surface area (Å²) >= 11 is 0. The molecule has 1 amide bonds. The average Bonchev–Trinajstić information content (AvgIpc) is 3.12. The Morgan fingerprint density at radius 3 is 2.82 bits per heavy atom. The van der Waals surface area contributed by atoms with E-state index in [1.165, 1.54) is 12.8 Å². The average molecular weight is 234 g/mol. The van der Waals surface area contributed by atoms with E-state index >= 15 is 0 Å². The molecule has 0 spiro atoms. The van der Waals surface area contributed by atoms with Crippen molar-refractivity contribution in [2.45, 2.75) is 25.8 Å². The molecule has 0 radical (unpaired) electrons. The standard InChI is InChI=1S/C13H18N2O2/c1-8(9-3-4-9)15-13(16)11-7-10(14)5-6-12(11)17-2/h5-9H,3-4,14H2,1-2H3,(H,15,16). The van der Waals surface area contributed by atoms with Crippen LogP contribution in [0.4, 0.5) is 5.69 Å². The van der Waals surface area contributed by atoms with Crippen LogP contribution in [-0.4, -0.2) is 19.1 Å². The largest absolute Gasteiger partial charge is 0.496 e. The molecule has 3 N–H and O–H groups in total. The number of rotatable bonds is 4. The molecule has 17 heavy (non-hydrogen) atoms. The van der Waals surface area contributed by atoms with Crippen LogP contribution in [0.2, 0.25) is 0 Å². The second-order valence-corrected chi connectivity index (χ2v) is 4.56. The van der Waals surface area contributed by atoms with Gasteiger partial charge in [-0.1, -0.05) is 0 Å². The Morgan fingerprint density at radius 1 is 1.53 bits per heavy atom. The molecule has 0 aliphatic heterocycles. The van der Waals surface area contributed by atoms with Crippen molar-refractivity contribution >= 4 is 11.6 Å². The van der Waals surface area contributed by atoms with Crippen molar-refractivity contribution in [1.82, 2.24) is 5.32 Å². The van der Waals surface area contributed by atoms with Crippen LogP contribution in [0.25, 0.3) is 0 Å². The van der Waals surface area contributed by atoms with E-state index in [4.69, 9.17) is 10.5 Å². The summed E-state index contributed by atoms with van der Waals surface area (Å²) in [6.45, 7) is 2.04. The summed E-state index contributed by atoms with van der Waals surface area (Å²) in [5.41, 5.74) is 6.75. The summed E-state index contributed by atoms with van der Waals surface area (Å²) in [6, 6.07) is 5.30. The molecular formula is C13H18N2O2. The minimum absolute atomic E-state index is 0.117. The predicted octanol–water partition coefficient (Wildman–Crippen LogP) is 1.81. The molecule has 92 valence electrons. The van der Waals surface area contributed by atoms with Gasteiger partial charge in [0.2, 0.25) is 0 Å². The zero-order valence-corrected chi connectivity index (χ0v) is 10.2. The lowest BCUT2D eigenvalue weighted by molar-refractivity contribution is 0.0933. The van der Waals surface area contributed by atoms with E-state index in [1.54, 1.807) is 25.3 Å². The summed E-state index contributed by atoms with van der Waals surface area (Å²) in [4.78, 5) is 12.1. The molecule has 1 aromatic rings. The third-order valence-electron chi connectivity index (χ3n) is 3.16. The van der Waals surface area contributed by atoms with Crippen LogP contribution in [-0.2, 0) is 0 Å². The fraction of sp³-hybridized carbons (Fsp3) is 0.462. The molecule has 1 saturated carbocycles. The van der Waals surface area contributed by atoms with Crippen LogP contribution >= 0.6 is 0 Å². The zero-order valence-electron chi connectivity index (χ0n) is 10.2. The number of nitrogen functional groups attached to an aromatic ring is 1. The Hall–Kier alpha value is -1.71. The SMILES string of the molecule is COc1ccc(N)cc1C(=O)NC(C)C1CC1. The Morgan fingerprint density at radius 2 is 2.24 bits per heavy atom. The number of amides is 1. The van der Waals surface area contributed by atoms with Crippen molar-refractivity contribution < 1.29 is 9.53 Å². The van der Waals surface area contributed by atoms with E-state index in [9.17, 15) is 4.79 Å². The maximum Gasteiger partial charge on any atom is 0.255 e. The number of carbonyl (C=O) groups excluding carboxylic acids is 1. The first-order chi connectivity index (χ1) is 8.11. The van der Waals surface area contributed by atoms with Crippen LogP contribution in [0.5, 0.6) is 5.75 Å². The third kappa shape index (κ3) is 2.70. The number of methoxy groups -OCH3 is 1. The first-order valence-corrected chi connectivity index (χ1v) is 5.86. The number of nitrogens with one attached hydrogen (secondary N) is 1. The third-order valence-corrected chi connectivity index (χ3v) is 3.16. The van der Waals surface area contributed by atoms with Gasteiger partial charge in [-0.25, -0.2) is 0 Å². The Kier molecular flexibility index (Phi) is 3.22. The lowest BCUT2D eigenvalue weighted by Gasteiger charge is -2.14. The molecule has 1 aromatic carbocycles. The fourth-order valence-corrected chi connectivity index (χ4v) is 1.90. The molecule has 1 fully saturated rings. The van der Waals surface area contributed by atoms with Crippen molar-refractivity contribution in [3.8, 4) is 5.75 Å². The number of carbonyl (C=O) groups is 1. The smallest absolute Gasteiger partial charge is 0.255 e. The summed E-state index contributed by atoms with van der Waals surface area (Å²) in [6.07, 6.45) is 2.41. The van der Waals surface area contributed by atoms with Crippen LogP contribution in [0, 0.1) is 5.92 Å². The van der Waals surface area contributed by atoms with Gasteiger partial charge in [-0.3, -0.25) is 4.79 Å². The molecule has 1 atom stereocenters. The normalized spacial score (nSPS) is 16.4.